The smallest absolute Gasteiger partial charge is 0.374 e. The van der Waals surface area contributed by atoms with Crippen LogP contribution in [-0.4, -0.2) is 42.8 Å². The van der Waals surface area contributed by atoms with Gasteiger partial charge in [0.25, 0.3) is 0 Å². The number of nitrogens with zero attached hydrogens (tertiary/aromatic N) is 4. The Kier molecular flexibility index (Phi) is 8.59. The molecule has 0 aliphatic heterocycles. The van der Waals surface area contributed by atoms with Gasteiger partial charge in [-0.3, -0.25) is 4.31 Å². The average Bonchev–Trinajstić information content (AvgIpc) is 2.81. The van der Waals surface area contributed by atoms with E-state index in [1.165, 1.54) is 13.2 Å². The van der Waals surface area contributed by atoms with Crippen molar-refractivity contribution in [2.24, 2.45) is 0 Å². The summed E-state index contributed by atoms with van der Waals surface area (Å²) in [6.07, 6.45) is -1.52. The summed E-state index contributed by atoms with van der Waals surface area (Å²) in [5.74, 6) is -0.401. The van der Waals surface area contributed by atoms with Gasteiger partial charge in [0.15, 0.2) is 0 Å². The minimum Gasteiger partial charge on any atom is -0.374 e. The van der Waals surface area contributed by atoms with Crippen LogP contribution in [0.3, 0.4) is 0 Å². The number of aryl methyl sites for hydroxylation is 1. The first-order chi connectivity index (χ1) is 17.3. The van der Waals surface area contributed by atoms with Crippen LogP contribution in [0.4, 0.5) is 36.4 Å². The van der Waals surface area contributed by atoms with Crippen molar-refractivity contribution in [3.63, 3.8) is 0 Å². The first-order valence-electron chi connectivity index (χ1n) is 11.3. The van der Waals surface area contributed by atoms with Gasteiger partial charge in [0.2, 0.25) is 16.0 Å². The summed E-state index contributed by atoms with van der Waals surface area (Å²) >= 11 is 0. The number of rotatable bonds is 10. The lowest BCUT2D eigenvalue weighted by Crippen LogP contribution is -2.27. The Morgan fingerprint density at radius 1 is 1.16 bits per heavy atom. The van der Waals surface area contributed by atoms with Gasteiger partial charge in [0.05, 0.1) is 19.0 Å². The third kappa shape index (κ3) is 7.52. The van der Waals surface area contributed by atoms with Gasteiger partial charge in [-0.1, -0.05) is 18.2 Å². The number of halogens is 3. The molecule has 3 aromatic rings. The molecule has 0 spiro atoms. The third-order valence-electron chi connectivity index (χ3n) is 5.32. The quantitative estimate of drug-likeness (QED) is 0.376. The van der Waals surface area contributed by atoms with Gasteiger partial charge in [-0.15, -0.1) is 0 Å². The van der Waals surface area contributed by atoms with E-state index in [-0.39, 0.29) is 24.4 Å². The highest BCUT2D eigenvalue weighted by atomic mass is 32.2. The molecule has 2 N–H and O–H groups in total. The summed E-state index contributed by atoms with van der Waals surface area (Å²) in [7, 11) is -2.31. The Balaban J connectivity index is 1.87. The van der Waals surface area contributed by atoms with Crippen LogP contribution in [0, 0.1) is 6.92 Å². The maximum atomic E-state index is 13.7. The molecule has 0 saturated heterocycles. The van der Waals surface area contributed by atoms with E-state index in [1.807, 2.05) is 32.9 Å². The largest absolute Gasteiger partial charge is 0.421 e. The fourth-order valence-electron chi connectivity index (χ4n) is 3.31. The van der Waals surface area contributed by atoms with E-state index in [0.717, 1.165) is 21.7 Å². The van der Waals surface area contributed by atoms with Gasteiger partial charge in [-0.25, -0.2) is 18.4 Å². The van der Waals surface area contributed by atoms with Crippen molar-refractivity contribution in [3.8, 4) is 0 Å². The molecule has 0 unspecified atom stereocenters. The van der Waals surface area contributed by atoms with Gasteiger partial charge < -0.3 is 15.4 Å². The highest BCUT2D eigenvalue weighted by molar-refractivity contribution is 7.92. The van der Waals surface area contributed by atoms with Crippen LogP contribution < -0.4 is 14.9 Å². The lowest BCUT2D eigenvalue weighted by Gasteiger charge is -2.20. The number of ether oxygens (including phenoxy) is 1. The molecule has 0 aliphatic carbocycles. The van der Waals surface area contributed by atoms with Crippen LogP contribution in [0.25, 0.3) is 0 Å². The zero-order valence-corrected chi connectivity index (χ0v) is 21.9. The van der Waals surface area contributed by atoms with E-state index in [1.54, 1.807) is 18.2 Å². The molecule has 9 nitrogen and oxygen atoms in total. The van der Waals surface area contributed by atoms with Gasteiger partial charge in [0.1, 0.15) is 17.2 Å². The number of nitrogens with one attached hydrogen (secondary N) is 2. The second kappa shape index (κ2) is 11.3. The Labute approximate surface area is 214 Å². The third-order valence-corrected chi connectivity index (χ3v) is 6.49. The molecule has 2 aromatic heterocycles. The topological polar surface area (TPSA) is 109 Å². The minimum atomic E-state index is -4.71. The maximum absolute atomic E-state index is 13.7. The van der Waals surface area contributed by atoms with Crippen LogP contribution in [-0.2, 0) is 34.1 Å². The predicted octanol–water partition coefficient (Wildman–Crippen LogP) is 4.88. The number of anilines is 4. The Morgan fingerprint density at radius 2 is 1.89 bits per heavy atom. The van der Waals surface area contributed by atoms with E-state index in [0.29, 0.717) is 24.1 Å². The number of aromatic nitrogens is 3. The zero-order chi connectivity index (χ0) is 27.4. The average molecular weight is 539 g/mol. The molecule has 13 heteroatoms. The second-order valence-corrected chi connectivity index (χ2v) is 10.7. The molecule has 0 aliphatic rings. The van der Waals surface area contributed by atoms with Crippen molar-refractivity contribution in [3.05, 3.63) is 65.0 Å². The summed E-state index contributed by atoms with van der Waals surface area (Å²) in [5, 5.41) is 5.63. The number of hydrogen-bond donors (Lipinski definition) is 2. The highest BCUT2D eigenvalue weighted by Gasteiger charge is 2.35. The fourth-order valence-corrected chi connectivity index (χ4v) is 3.79. The van der Waals surface area contributed by atoms with Gasteiger partial charge >= 0.3 is 6.18 Å². The van der Waals surface area contributed by atoms with Gasteiger partial charge in [-0.05, 0) is 44.0 Å². The van der Waals surface area contributed by atoms with E-state index < -0.39 is 27.6 Å². The molecular weight excluding hydrogens is 509 g/mol. The van der Waals surface area contributed by atoms with Crippen molar-refractivity contribution in [1.82, 2.24) is 15.0 Å². The number of alkyl halides is 3. The van der Waals surface area contributed by atoms with E-state index in [4.69, 9.17) is 4.74 Å². The number of pyridine rings is 1. The van der Waals surface area contributed by atoms with E-state index in [9.17, 15) is 21.6 Å². The van der Waals surface area contributed by atoms with Crippen LogP contribution >= 0.6 is 0 Å². The molecule has 0 amide bonds. The molecule has 0 atom stereocenters. The highest BCUT2D eigenvalue weighted by Crippen LogP contribution is 2.35. The fraction of sp³-hybridized carbons (Fsp3) is 0.375. The van der Waals surface area contributed by atoms with Crippen molar-refractivity contribution >= 4 is 33.3 Å². The van der Waals surface area contributed by atoms with Crippen LogP contribution in [0.1, 0.15) is 36.1 Å². The molecule has 1 aromatic carbocycles. The van der Waals surface area contributed by atoms with Crippen molar-refractivity contribution in [2.45, 2.75) is 46.2 Å². The summed E-state index contributed by atoms with van der Waals surface area (Å²) in [4.78, 5) is 12.0. The summed E-state index contributed by atoms with van der Waals surface area (Å²) < 4.78 is 71.5. The SMILES string of the molecule is Cc1cc(COC(C)C)ccc1Nc1ncc(C(F)(F)F)c(NCc2cccnc2N(C)S(C)(=O)=O)n1. The molecule has 0 fully saturated rings. The number of hydrogen-bond acceptors (Lipinski definition) is 8. The molecule has 0 bridgehead atoms. The molecule has 0 saturated carbocycles. The van der Waals surface area contributed by atoms with E-state index >= 15 is 0 Å². The molecule has 2 heterocycles. The van der Waals surface area contributed by atoms with Gasteiger partial charge in [-0.2, -0.15) is 18.2 Å². The summed E-state index contributed by atoms with van der Waals surface area (Å²) in [6, 6.07) is 8.68. The number of sulfonamides is 1. The standard InChI is InChI=1S/C24H29F3N6O3S/c1-15(2)36-14-17-8-9-20(16(3)11-17)31-23-30-13-19(24(25,26)27)21(32-23)29-12-18-7-6-10-28-22(18)33(4)37(5,34)35/h6-11,13,15H,12,14H2,1-5H3,(H2,29,30,31,32). The Bertz CT molecular complexity index is 1350. The molecular formula is C24H29F3N6O3S. The normalized spacial score (nSPS) is 12.0. The molecule has 3 rings (SSSR count). The van der Waals surface area contributed by atoms with Crippen molar-refractivity contribution in [2.75, 3.05) is 28.2 Å². The molecule has 37 heavy (non-hydrogen) atoms. The first-order valence-corrected chi connectivity index (χ1v) is 13.1. The lowest BCUT2D eigenvalue weighted by molar-refractivity contribution is -0.137. The van der Waals surface area contributed by atoms with Crippen molar-refractivity contribution in [1.29, 1.82) is 0 Å². The monoisotopic (exact) mass is 538 g/mol. The summed E-state index contributed by atoms with van der Waals surface area (Å²) in [5.41, 5.74) is 1.73. The maximum Gasteiger partial charge on any atom is 0.421 e. The zero-order valence-electron chi connectivity index (χ0n) is 21.1. The van der Waals surface area contributed by atoms with E-state index in [2.05, 4.69) is 25.6 Å². The minimum absolute atomic E-state index is 0.0376. The summed E-state index contributed by atoms with van der Waals surface area (Å²) in [6.45, 7) is 6.01. The predicted molar refractivity (Wildman–Crippen MR) is 136 cm³/mol. The van der Waals surface area contributed by atoms with Crippen LogP contribution in [0.5, 0.6) is 0 Å². The van der Waals surface area contributed by atoms with Crippen LogP contribution in [0.15, 0.2) is 42.7 Å². The Hall–Kier alpha value is -3.45. The molecule has 0 radical (unpaired) electrons. The van der Waals surface area contributed by atoms with Gasteiger partial charge in [0, 0.05) is 37.2 Å². The Morgan fingerprint density at radius 3 is 2.51 bits per heavy atom. The second-order valence-electron chi connectivity index (χ2n) is 8.66. The lowest BCUT2D eigenvalue weighted by atomic mass is 10.1. The first kappa shape index (κ1) is 28.1. The van der Waals surface area contributed by atoms with Crippen molar-refractivity contribution < 1.29 is 26.3 Å². The van der Waals surface area contributed by atoms with Crippen LogP contribution in [0.2, 0.25) is 0 Å². The number of benzene rings is 1. The molecule has 200 valence electrons.